The zero-order chi connectivity index (χ0) is 14.8. The van der Waals surface area contributed by atoms with Crippen molar-refractivity contribution >= 4 is 0 Å². The molecule has 1 aromatic carbocycles. The molecule has 0 aromatic heterocycles. The zero-order valence-corrected chi connectivity index (χ0v) is 13.4. The third kappa shape index (κ3) is 3.62. The Hall–Kier alpha value is -0.860. The number of nitrogens with one attached hydrogen (secondary N) is 1. The molecule has 1 fully saturated rings. The van der Waals surface area contributed by atoms with E-state index in [0.29, 0.717) is 6.04 Å². The summed E-state index contributed by atoms with van der Waals surface area (Å²) < 4.78 is 0. The van der Waals surface area contributed by atoms with Gasteiger partial charge in [0.2, 0.25) is 0 Å². The first-order valence-corrected chi connectivity index (χ1v) is 7.97. The number of hydrogen-bond donors (Lipinski definition) is 2. The molecule has 3 unspecified atom stereocenters. The maximum absolute atomic E-state index is 5.81. The van der Waals surface area contributed by atoms with Gasteiger partial charge in [-0.3, -0.25) is 11.3 Å². The minimum absolute atomic E-state index is 0.226. The van der Waals surface area contributed by atoms with Gasteiger partial charge in [0.05, 0.1) is 0 Å². The van der Waals surface area contributed by atoms with Gasteiger partial charge in [-0.05, 0) is 41.2 Å². The molecule has 1 saturated carbocycles. The second kappa shape index (κ2) is 6.28. The quantitative estimate of drug-likeness (QED) is 0.647. The summed E-state index contributed by atoms with van der Waals surface area (Å²) in [6.45, 7) is 9.13. The van der Waals surface area contributed by atoms with Crippen molar-refractivity contribution in [3.05, 3.63) is 35.4 Å². The van der Waals surface area contributed by atoms with Crippen molar-refractivity contribution in [3.63, 3.8) is 0 Å². The predicted octanol–water partition coefficient (Wildman–Crippen LogP) is 3.79. The molecule has 0 heterocycles. The third-order valence-electron chi connectivity index (χ3n) is 4.93. The van der Waals surface area contributed by atoms with Crippen molar-refractivity contribution in [2.45, 2.75) is 64.8 Å². The summed E-state index contributed by atoms with van der Waals surface area (Å²) in [5.41, 5.74) is 6.08. The number of nitrogens with two attached hydrogens (primary N) is 1. The molecule has 1 aromatic rings. The van der Waals surface area contributed by atoms with Crippen LogP contribution < -0.4 is 11.3 Å². The van der Waals surface area contributed by atoms with Crippen molar-refractivity contribution in [3.8, 4) is 0 Å². The lowest BCUT2D eigenvalue weighted by molar-refractivity contribution is 0.297. The van der Waals surface area contributed by atoms with Crippen molar-refractivity contribution in [2.75, 3.05) is 0 Å². The number of hydrazine groups is 1. The largest absolute Gasteiger partial charge is 0.271 e. The molecule has 1 aliphatic rings. The van der Waals surface area contributed by atoms with Gasteiger partial charge >= 0.3 is 0 Å². The van der Waals surface area contributed by atoms with E-state index in [9.17, 15) is 0 Å². The molecule has 2 heteroatoms. The van der Waals surface area contributed by atoms with Crippen LogP contribution in [0.5, 0.6) is 0 Å². The standard InChI is InChI=1S/C18H30N2/c1-13-6-5-7-16(13)17(20-19)12-14-8-10-15(11-9-14)18(2,3)4/h8-11,13,16-17,20H,5-7,12,19H2,1-4H3. The lowest BCUT2D eigenvalue weighted by atomic mass is 9.84. The minimum atomic E-state index is 0.226. The van der Waals surface area contributed by atoms with E-state index in [1.165, 1.54) is 30.4 Å². The Morgan fingerprint density at radius 1 is 1.20 bits per heavy atom. The molecule has 112 valence electrons. The van der Waals surface area contributed by atoms with E-state index in [0.717, 1.165) is 18.3 Å². The maximum Gasteiger partial charge on any atom is 0.0281 e. The molecule has 3 atom stereocenters. The van der Waals surface area contributed by atoms with E-state index in [4.69, 9.17) is 5.84 Å². The monoisotopic (exact) mass is 274 g/mol. The summed E-state index contributed by atoms with van der Waals surface area (Å²) in [5, 5.41) is 0. The summed E-state index contributed by atoms with van der Waals surface area (Å²) in [7, 11) is 0. The van der Waals surface area contributed by atoms with Gasteiger partial charge in [-0.25, -0.2) is 0 Å². The number of hydrogen-bond acceptors (Lipinski definition) is 2. The molecule has 0 saturated heterocycles. The lowest BCUT2D eigenvalue weighted by Crippen LogP contribution is -2.43. The molecule has 0 amide bonds. The van der Waals surface area contributed by atoms with E-state index < -0.39 is 0 Å². The Morgan fingerprint density at radius 3 is 2.30 bits per heavy atom. The van der Waals surface area contributed by atoms with Gasteiger partial charge < -0.3 is 0 Å². The van der Waals surface area contributed by atoms with E-state index in [2.05, 4.69) is 57.4 Å². The fourth-order valence-electron chi connectivity index (χ4n) is 3.50. The first kappa shape index (κ1) is 15.5. The van der Waals surface area contributed by atoms with Gasteiger partial charge in [0, 0.05) is 6.04 Å². The Morgan fingerprint density at radius 2 is 1.85 bits per heavy atom. The molecular weight excluding hydrogens is 244 g/mol. The van der Waals surface area contributed by atoms with Crippen molar-refractivity contribution in [2.24, 2.45) is 17.7 Å². The average Bonchev–Trinajstić information content (AvgIpc) is 2.82. The smallest absolute Gasteiger partial charge is 0.0281 e. The molecule has 0 aliphatic heterocycles. The molecule has 0 radical (unpaired) electrons. The Balaban J connectivity index is 2.04. The van der Waals surface area contributed by atoms with Gasteiger partial charge in [0.15, 0.2) is 0 Å². The lowest BCUT2D eigenvalue weighted by Gasteiger charge is -2.27. The second-order valence-electron chi connectivity index (χ2n) is 7.50. The van der Waals surface area contributed by atoms with Crippen molar-refractivity contribution in [1.82, 2.24) is 5.43 Å². The van der Waals surface area contributed by atoms with Gasteiger partial charge in [-0.2, -0.15) is 0 Å². The number of benzene rings is 1. The molecule has 0 bridgehead atoms. The zero-order valence-electron chi connectivity index (χ0n) is 13.4. The summed E-state index contributed by atoms with van der Waals surface area (Å²) in [5.74, 6) is 7.33. The Kier molecular flexibility index (Phi) is 4.87. The molecule has 2 nitrogen and oxygen atoms in total. The van der Waals surface area contributed by atoms with Gasteiger partial charge in [0.1, 0.15) is 0 Å². The van der Waals surface area contributed by atoms with Crippen molar-refractivity contribution < 1.29 is 0 Å². The van der Waals surface area contributed by atoms with Gasteiger partial charge in [0.25, 0.3) is 0 Å². The Labute approximate surface area is 124 Å². The highest BCUT2D eigenvalue weighted by Gasteiger charge is 2.30. The SMILES string of the molecule is CC1CCCC1C(Cc1ccc(C(C)(C)C)cc1)NN. The summed E-state index contributed by atoms with van der Waals surface area (Å²) in [6, 6.07) is 9.48. The normalized spacial score (nSPS) is 24.9. The van der Waals surface area contributed by atoms with Crippen LogP contribution in [0.3, 0.4) is 0 Å². The van der Waals surface area contributed by atoms with E-state index >= 15 is 0 Å². The van der Waals surface area contributed by atoms with Gasteiger partial charge in [-0.15, -0.1) is 0 Å². The van der Waals surface area contributed by atoms with E-state index in [-0.39, 0.29) is 5.41 Å². The van der Waals surface area contributed by atoms with E-state index in [1.54, 1.807) is 0 Å². The van der Waals surface area contributed by atoms with Crippen LogP contribution in [-0.2, 0) is 11.8 Å². The van der Waals surface area contributed by atoms with Crippen LogP contribution in [0.25, 0.3) is 0 Å². The molecule has 0 spiro atoms. The van der Waals surface area contributed by atoms with Crippen LogP contribution in [0.4, 0.5) is 0 Å². The Bertz CT molecular complexity index is 416. The summed E-state index contributed by atoms with van der Waals surface area (Å²) in [4.78, 5) is 0. The van der Waals surface area contributed by atoms with Crippen LogP contribution in [0.15, 0.2) is 24.3 Å². The highest BCUT2D eigenvalue weighted by molar-refractivity contribution is 5.28. The molecule has 20 heavy (non-hydrogen) atoms. The van der Waals surface area contributed by atoms with Gasteiger partial charge in [-0.1, -0.05) is 64.8 Å². The minimum Gasteiger partial charge on any atom is -0.271 e. The van der Waals surface area contributed by atoms with Crippen LogP contribution in [-0.4, -0.2) is 6.04 Å². The maximum atomic E-state index is 5.81. The van der Waals surface area contributed by atoms with Crippen LogP contribution in [0, 0.1) is 11.8 Å². The summed E-state index contributed by atoms with van der Waals surface area (Å²) >= 11 is 0. The van der Waals surface area contributed by atoms with E-state index in [1.807, 2.05) is 0 Å². The number of rotatable bonds is 4. The van der Waals surface area contributed by atoms with Crippen LogP contribution in [0.2, 0.25) is 0 Å². The van der Waals surface area contributed by atoms with Crippen LogP contribution >= 0.6 is 0 Å². The predicted molar refractivity (Wildman–Crippen MR) is 86.5 cm³/mol. The van der Waals surface area contributed by atoms with Crippen molar-refractivity contribution in [1.29, 1.82) is 0 Å². The average molecular weight is 274 g/mol. The highest BCUT2D eigenvalue weighted by Crippen LogP contribution is 2.34. The first-order chi connectivity index (χ1) is 9.41. The highest BCUT2D eigenvalue weighted by atomic mass is 15.2. The fourth-order valence-corrected chi connectivity index (χ4v) is 3.50. The molecule has 2 rings (SSSR count). The molecular formula is C18H30N2. The molecule has 3 N–H and O–H groups in total. The second-order valence-corrected chi connectivity index (χ2v) is 7.50. The first-order valence-electron chi connectivity index (χ1n) is 7.97. The van der Waals surface area contributed by atoms with Crippen LogP contribution in [0.1, 0.15) is 58.1 Å². The topological polar surface area (TPSA) is 38.0 Å². The fraction of sp³-hybridized carbons (Fsp3) is 0.667. The molecule has 1 aliphatic carbocycles. The third-order valence-corrected chi connectivity index (χ3v) is 4.93. The summed E-state index contributed by atoms with van der Waals surface area (Å²) in [6.07, 6.45) is 5.06.